The lowest BCUT2D eigenvalue weighted by Crippen LogP contribution is -2.29. The molecule has 5 rings (SSSR count). The highest BCUT2D eigenvalue weighted by Crippen LogP contribution is 2.44. The smallest absolute Gasteiger partial charge is 0.295 e. The molecule has 0 saturated carbocycles. The van der Waals surface area contributed by atoms with E-state index >= 15 is 0 Å². The normalized spacial score (nSPS) is 14.8. The van der Waals surface area contributed by atoms with Gasteiger partial charge in [0.1, 0.15) is 5.58 Å². The summed E-state index contributed by atoms with van der Waals surface area (Å²) in [4.78, 5) is 29.5. The molecular formula is C32H32ClNO5. The Kier molecular flexibility index (Phi) is 7.17. The minimum atomic E-state index is -0.743. The molecular weight excluding hydrogens is 514 g/mol. The number of rotatable bonds is 7. The van der Waals surface area contributed by atoms with Crippen LogP contribution in [0.25, 0.3) is 11.0 Å². The van der Waals surface area contributed by atoms with Crippen LogP contribution in [0.5, 0.6) is 11.5 Å². The van der Waals surface area contributed by atoms with Gasteiger partial charge < -0.3 is 13.9 Å². The Morgan fingerprint density at radius 1 is 0.949 bits per heavy atom. The van der Waals surface area contributed by atoms with Crippen LogP contribution in [-0.4, -0.2) is 19.6 Å². The second-order valence-corrected chi connectivity index (χ2v) is 11.0. The zero-order valence-corrected chi connectivity index (χ0v) is 23.8. The molecule has 6 nitrogen and oxygen atoms in total. The number of ether oxygens (including phenoxy) is 2. The largest absolute Gasteiger partial charge is 0.493 e. The highest BCUT2D eigenvalue weighted by Gasteiger charge is 2.44. The predicted octanol–water partition coefficient (Wildman–Crippen LogP) is 7.55. The summed E-state index contributed by atoms with van der Waals surface area (Å²) in [5.74, 6) is 1.27. The molecule has 0 radical (unpaired) electrons. The summed E-state index contributed by atoms with van der Waals surface area (Å²) in [6.45, 7) is 10.6. The number of carbonyl (C=O) groups is 1. The second kappa shape index (κ2) is 10.4. The van der Waals surface area contributed by atoms with Crippen molar-refractivity contribution in [2.45, 2.75) is 47.1 Å². The molecule has 1 aliphatic heterocycles. The molecule has 0 saturated heterocycles. The van der Waals surface area contributed by atoms with Crippen molar-refractivity contribution >= 4 is 34.2 Å². The minimum absolute atomic E-state index is 0.0358. The summed E-state index contributed by atoms with van der Waals surface area (Å²) < 4.78 is 17.8. The van der Waals surface area contributed by atoms with Gasteiger partial charge in [0.05, 0.1) is 30.7 Å². The molecule has 7 heteroatoms. The average molecular weight is 546 g/mol. The first kappa shape index (κ1) is 26.8. The van der Waals surface area contributed by atoms with Crippen molar-refractivity contribution in [1.29, 1.82) is 0 Å². The Balaban J connectivity index is 1.71. The molecule has 0 aliphatic carbocycles. The van der Waals surface area contributed by atoms with Crippen LogP contribution >= 0.6 is 11.6 Å². The molecule has 0 N–H and O–H groups in total. The zero-order valence-electron chi connectivity index (χ0n) is 23.1. The number of methoxy groups -OCH3 is 1. The molecule has 0 spiro atoms. The Morgan fingerprint density at radius 2 is 1.69 bits per heavy atom. The fourth-order valence-electron chi connectivity index (χ4n) is 4.92. The van der Waals surface area contributed by atoms with E-state index in [2.05, 4.69) is 13.8 Å². The van der Waals surface area contributed by atoms with Crippen molar-refractivity contribution in [3.8, 4) is 11.5 Å². The number of anilines is 1. The third-order valence-electron chi connectivity index (χ3n) is 7.38. The van der Waals surface area contributed by atoms with Gasteiger partial charge in [-0.2, -0.15) is 0 Å². The molecule has 39 heavy (non-hydrogen) atoms. The van der Waals surface area contributed by atoms with Crippen molar-refractivity contribution in [2.75, 3.05) is 18.6 Å². The molecule has 1 aliphatic rings. The van der Waals surface area contributed by atoms with E-state index in [4.69, 9.17) is 25.5 Å². The maximum atomic E-state index is 14.0. The molecule has 4 aromatic rings. The van der Waals surface area contributed by atoms with Crippen LogP contribution in [0, 0.1) is 26.7 Å². The van der Waals surface area contributed by atoms with E-state index < -0.39 is 11.9 Å². The van der Waals surface area contributed by atoms with Crippen LogP contribution in [-0.2, 0) is 0 Å². The standard InChI is InChI=1S/C32H32ClNO5/c1-17(2)11-12-38-25-10-8-21(15-27(25)37-6)29-28-30(35)23-13-19(4)20(5)14-26(23)39-31(28)32(36)34(29)22-9-7-18(3)24(33)16-22/h7-10,13-17,29H,11-12H2,1-6H3. The number of amides is 1. The van der Waals surface area contributed by atoms with E-state index in [-0.39, 0.29) is 11.2 Å². The quantitative estimate of drug-likeness (QED) is 0.240. The number of fused-ring (bicyclic) bond motifs is 2. The SMILES string of the molecule is COc1cc(C2c3c(oc4cc(C)c(C)cc4c3=O)C(=O)N2c2ccc(C)c(Cl)c2)ccc1OCCC(C)C. The lowest BCUT2D eigenvalue weighted by atomic mass is 9.96. The molecule has 2 heterocycles. The number of hydrogen-bond donors (Lipinski definition) is 0. The van der Waals surface area contributed by atoms with Crippen LogP contribution in [0.4, 0.5) is 5.69 Å². The summed E-state index contributed by atoms with van der Waals surface area (Å²) >= 11 is 6.48. The molecule has 0 bridgehead atoms. The van der Waals surface area contributed by atoms with E-state index in [9.17, 15) is 9.59 Å². The highest BCUT2D eigenvalue weighted by atomic mass is 35.5. The van der Waals surface area contributed by atoms with Crippen molar-refractivity contribution in [3.63, 3.8) is 0 Å². The minimum Gasteiger partial charge on any atom is -0.493 e. The summed E-state index contributed by atoms with van der Waals surface area (Å²) in [6.07, 6.45) is 0.907. The molecule has 202 valence electrons. The topological polar surface area (TPSA) is 69.0 Å². The van der Waals surface area contributed by atoms with Gasteiger partial charge in [-0.15, -0.1) is 0 Å². The second-order valence-electron chi connectivity index (χ2n) is 10.6. The number of benzene rings is 3. The van der Waals surface area contributed by atoms with Crippen molar-refractivity contribution in [3.05, 3.63) is 97.4 Å². The van der Waals surface area contributed by atoms with Crippen LogP contribution < -0.4 is 19.8 Å². The van der Waals surface area contributed by atoms with Crippen LogP contribution in [0.15, 0.2) is 57.7 Å². The van der Waals surface area contributed by atoms with Gasteiger partial charge in [-0.25, -0.2) is 0 Å². The molecule has 1 aromatic heterocycles. The Morgan fingerprint density at radius 3 is 2.38 bits per heavy atom. The predicted molar refractivity (Wildman–Crippen MR) is 155 cm³/mol. The van der Waals surface area contributed by atoms with Gasteiger partial charge in [-0.05, 0) is 91.8 Å². The molecule has 3 aromatic carbocycles. The first-order valence-electron chi connectivity index (χ1n) is 13.1. The first-order valence-corrected chi connectivity index (χ1v) is 13.5. The van der Waals surface area contributed by atoms with E-state index in [0.717, 1.165) is 23.1 Å². The van der Waals surface area contributed by atoms with Gasteiger partial charge in [0.15, 0.2) is 16.9 Å². The fourth-order valence-corrected chi connectivity index (χ4v) is 5.09. The fraction of sp³-hybridized carbons (Fsp3) is 0.312. The van der Waals surface area contributed by atoms with Crippen molar-refractivity contribution in [2.24, 2.45) is 5.92 Å². The summed E-state index contributed by atoms with van der Waals surface area (Å²) in [7, 11) is 1.58. The number of halogens is 1. The maximum absolute atomic E-state index is 14.0. The highest BCUT2D eigenvalue weighted by molar-refractivity contribution is 6.31. The van der Waals surface area contributed by atoms with Crippen LogP contribution in [0.2, 0.25) is 5.02 Å². The van der Waals surface area contributed by atoms with Gasteiger partial charge in [-0.3, -0.25) is 14.5 Å². The maximum Gasteiger partial charge on any atom is 0.295 e. The third-order valence-corrected chi connectivity index (χ3v) is 7.78. The Hall–Kier alpha value is -3.77. The van der Waals surface area contributed by atoms with Gasteiger partial charge >= 0.3 is 0 Å². The zero-order chi connectivity index (χ0) is 28.0. The number of nitrogens with zero attached hydrogens (tertiary/aromatic N) is 1. The first-order chi connectivity index (χ1) is 18.6. The van der Waals surface area contributed by atoms with Gasteiger partial charge in [-0.1, -0.05) is 37.6 Å². The number of hydrogen-bond acceptors (Lipinski definition) is 5. The number of carbonyl (C=O) groups excluding carboxylic acids is 1. The van der Waals surface area contributed by atoms with Crippen molar-refractivity contribution in [1.82, 2.24) is 0 Å². The van der Waals surface area contributed by atoms with Gasteiger partial charge in [0.2, 0.25) is 5.76 Å². The summed E-state index contributed by atoms with van der Waals surface area (Å²) in [5, 5.41) is 0.969. The Labute approximate surface area is 233 Å². The molecule has 1 unspecified atom stereocenters. The summed E-state index contributed by atoms with van der Waals surface area (Å²) in [6, 6.07) is 13.8. The van der Waals surface area contributed by atoms with Gasteiger partial charge in [0.25, 0.3) is 5.91 Å². The number of aryl methyl sites for hydroxylation is 3. The van der Waals surface area contributed by atoms with Crippen LogP contribution in [0.1, 0.15) is 64.7 Å². The van der Waals surface area contributed by atoms with E-state index in [1.807, 2.05) is 63.2 Å². The summed E-state index contributed by atoms with van der Waals surface area (Å²) in [5.41, 5.74) is 4.56. The van der Waals surface area contributed by atoms with Crippen molar-refractivity contribution < 1.29 is 18.7 Å². The van der Waals surface area contributed by atoms with E-state index in [1.165, 1.54) is 0 Å². The third kappa shape index (κ3) is 4.78. The van der Waals surface area contributed by atoms with Crippen LogP contribution in [0.3, 0.4) is 0 Å². The molecule has 1 atom stereocenters. The molecule has 1 amide bonds. The average Bonchev–Trinajstić information content (AvgIpc) is 3.19. The van der Waals surface area contributed by atoms with Gasteiger partial charge in [0, 0.05) is 10.7 Å². The molecule has 0 fully saturated rings. The van der Waals surface area contributed by atoms with E-state index in [0.29, 0.717) is 56.8 Å². The van der Waals surface area contributed by atoms with E-state index in [1.54, 1.807) is 18.1 Å². The monoisotopic (exact) mass is 545 g/mol. The lowest BCUT2D eigenvalue weighted by molar-refractivity contribution is 0.0971. The Bertz CT molecular complexity index is 1660. The lowest BCUT2D eigenvalue weighted by Gasteiger charge is -2.26.